The molecule has 0 saturated carbocycles. The highest BCUT2D eigenvalue weighted by atomic mass is 35.5. The van der Waals surface area contributed by atoms with E-state index in [9.17, 15) is 54.5 Å². The summed E-state index contributed by atoms with van der Waals surface area (Å²) < 4.78 is 24.0. The Hall–Kier alpha value is -6.24. The van der Waals surface area contributed by atoms with E-state index in [2.05, 4.69) is 34.7 Å². The number of aliphatic imine (C=N–C) groups is 1. The lowest BCUT2D eigenvalue weighted by molar-refractivity contribution is -0.384. The van der Waals surface area contributed by atoms with E-state index in [-0.39, 0.29) is 56.4 Å². The summed E-state index contributed by atoms with van der Waals surface area (Å²) in [5.74, 6) is -7.54. The van der Waals surface area contributed by atoms with E-state index < -0.39 is 123 Å². The summed E-state index contributed by atoms with van der Waals surface area (Å²) in [6, 6.07) is 4.05. The van der Waals surface area contributed by atoms with Crippen molar-refractivity contribution >= 4 is 64.0 Å². The number of rotatable bonds is 10. The van der Waals surface area contributed by atoms with Crippen LogP contribution in [0.2, 0.25) is 0 Å². The summed E-state index contributed by atoms with van der Waals surface area (Å²) in [5.41, 5.74) is -0.0223. The minimum Gasteiger partial charge on any atom is -0.507 e. The standard InChI is InChI=1S/C46H62N4O11.C11H12Cl2N2O5/c1-22(2)21-50-18-16-46(17-19-50)48-34-31-32-39(54)28(8)42-33(31)43(56)45(10,61-42)59-20-15-30(58-11)25(5)41(60-29(9)51)27(7)38(53)26(6)37(52)23(3)13-12-14-24(4)44(57)47-36(40(32)55)35(34)49-46;12-10(13)11(18)14-8(5-16)9(17)6-1-3-7(4-2-6)15(19)20/h12-15,20,22-23,25-27,30,37-38,41,49,52-54H,16-19,21H2,1-11H3,(H,47,57);1-4,8-10,16-17H,5H2,(H,14,18)/b13-12-,20-15-,24-14-;/t23-,25+,26+,27+,30-,37-,38+,41+,45-;8-,9-/m01/s1. The van der Waals surface area contributed by atoms with Crippen molar-refractivity contribution in [3.63, 3.8) is 0 Å². The van der Waals surface area contributed by atoms with Crippen molar-refractivity contribution in [1.82, 2.24) is 20.9 Å². The molecule has 5 aliphatic rings. The second-order valence-electron chi connectivity index (χ2n) is 21.9. The molecule has 1 aliphatic carbocycles. The number of Topliss-reactive ketones (excluding diaryl/α,β-unsaturated/α-hetero) is 2. The summed E-state index contributed by atoms with van der Waals surface area (Å²) in [7, 11) is 1.46. The van der Waals surface area contributed by atoms with Gasteiger partial charge in [0.25, 0.3) is 23.3 Å². The van der Waals surface area contributed by atoms with Gasteiger partial charge in [-0.25, -0.2) is 0 Å². The molecule has 22 nitrogen and oxygen atoms in total. The summed E-state index contributed by atoms with van der Waals surface area (Å²) in [5, 5.41) is 73.0. The lowest BCUT2D eigenvalue weighted by atomic mass is 9.78. The molecule has 0 radical (unpaired) electrons. The number of carbonyl (C=O) groups is 5. The van der Waals surface area contributed by atoms with Crippen LogP contribution in [-0.2, 0) is 28.6 Å². The van der Waals surface area contributed by atoms with E-state index in [4.69, 9.17) is 52.2 Å². The normalized spacial score (nSPS) is 28.9. The first kappa shape index (κ1) is 63.9. The van der Waals surface area contributed by atoms with E-state index in [0.29, 0.717) is 24.3 Å². The van der Waals surface area contributed by atoms with Crippen molar-refractivity contribution in [2.24, 2.45) is 34.6 Å². The minimum absolute atomic E-state index is 0.0164. The maximum atomic E-state index is 14.7. The van der Waals surface area contributed by atoms with E-state index >= 15 is 0 Å². The quantitative estimate of drug-likeness (QED) is 0.0628. The first-order valence-corrected chi connectivity index (χ1v) is 27.6. The number of nitrogens with one attached hydrogen (secondary N) is 3. The van der Waals surface area contributed by atoms with Crippen LogP contribution in [0.3, 0.4) is 0 Å². The first-order chi connectivity index (χ1) is 38.0. The third kappa shape index (κ3) is 13.8. The Morgan fingerprint density at radius 2 is 1.62 bits per heavy atom. The van der Waals surface area contributed by atoms with Crippen LogP contribution < -0.4 is 20.7 Å². The van der Waals surface area contributed by atoms with Crippen molar-refractivity contribution in [3.05, 3.63) is 110 Å². The predicted octanol–water partition coefficient (Wildman–Crippen LogP) is 5.52. The molecule has 1 fully saturated rings. The monoisotopic (exact) mass is 1170 g/mol. The number of methoxy groups -OCH3 is 1. The molecule has 7 rings (SSSR count). The van der Waals surface area contributed by atoms with Gasteiger partial charge in [-0.1, -0.05) is 83.0 Å². The van der Waals surface area contributed by atoms with Gasteiger partial charge in [-0.15, -0.1) is 0 Å². The fourth-order valence-corrected chi connectivity index (χ4v) is 10.9. The summed E-state index contributed by atoms with van der Waals surface area (Å²) in [4.78, 5) is 83.2. The number of halogens is 2. The fourth-order valence-electron chi connectivity index (χ4n) is 10.8. The number of phenolic OH excluding ortho intramolecular Hbond substituents is 1. The van der Waals surface area contributed by atoms with Gasteiger partial charge in [-0.2, -0.15) is 0 Å². The summed E-state index contributed by atoms with van der Waals surface area (Å²) in [6.45, 7) is 19.0. The highest BCUT2D eigenvalue weighted by Gasteiger charge is 2.54. The number of allylic oxidation sites excluding steroid dienone is 4. The Kier molecular flexibility index (Phi) is 20.8. The first-order valence-electron chi connectivity index (χ1n) is 26.7. The van der Waals surface area contributed by atoms with Gasteiger partial charge in [0.15, 0.2) is 4.84 Å². The van der Waals surface area contributed by atoms with Crippen LogP contribution in [0.25, 0.3) is 0 Å². The van der Waals surface area contributed by atoms with Gasteiger partial charge in [0.05, 0.1) is 64.7 Å². The molecule has 2 aromatic carbocycles. The Morgan fingerprint density at radius 3 is 2.19 bits per heavy atom. The molecule has 24 heteroatoms. The topological polar surface area (TPSA) is 318 Å². The third-order valence-electron chi connectivity index (χ3n) is 15.5. The molecule has 442 valence electrons. The van der Waals surface area contributed by atoms with Gasteiger partial charge >= 0.3 is 11.8 Å². The van der Waals surface area contributed by atoms with Gasteiger partial charge in [-0.05, 0) is 43.5 Å². The molecule has 0 aromatic heterocycles. The fraction of sp³-hybridized carbons (Fsp3) is 0.544. The Bertz CT molecular complexity index is 2900. The molecule has 81 heavy (non-hydrogen) atoms. The highest BCUT2D eigenvalue weighted by molar-refractivity contribution is 6.53. The number of aliphatic hydroxyl groups excluding tert-OH is 4. The van der Waals surface area contributed by atoms with E-state index in [1.54, 1.807) is 58.9 Å². The number of ether oxygens (including phenoxy) is 4. The van der Waals surface area contributed by atoms with Crippen molar-refractivity contribution < 1.29 is 73.4 Å². The molecule has 4 aliphatic heterocycles. The molecule has 8 N–H and O–H groups in total. The number of nitrogens with zero attached hydrogens (tertiary/aromatic N) is 3. The minimum atomic E-state index is -1.97. The number of nitro groups is 1. The number of likely N-dealkylation sites (tertiary alicyclic amines) is 1. The number of nitro benzene ring substituents is 1. The number of alkyl halides is 2. The number of benzene rings is 2. The Labute approximate surface area is 480 Å². The van der Waals surface area contributed by atoms with E-state index in [0.717, 1.165) is 19.6 Å². The average Bonchev–Trinajstić information content (AvgIpc) is 3.43. The number of aliphatic hydroxyl groups is 4. The molecule has 1 saturated heterocycles. The number of non-ortho nitro benzene ring substituents is 1. The van der Waals surface area contributed by atoms with Crippen LogP contribution in [-0.4, -0.2) is 151 Å². The molecular weight excluding hydrogens is 1100 g/mol. The summed E-state index contributed by atoms with van der Waals surface area (Å²) >= 11 is 10.7. The molecule has 1 spiro atoms. The maximum absolute atomic E-state index is 14.7. The second kappa shape index (κ2) is 26.3. The molecule has 11 atom stereocenters. The van der Waals surface area contributed by atoms with Crippen molar-refractivity contribution in [2.45, 2.75) is 135 Å². The maximum Gasteiger partial charge on any atom is 0.312 e. The lowest BCUT2D eigenvalue weighted by Crippen LogP contribution is -2.50. The predicted molar refractivity (Wildman–Crippen MR) is 299 cm³/mol. The van der Waals surface area contributed by atoms with Crippen LogP contribution in [0.15, 0.2) is 76.8 Å². The van der Waals surface area contributed by atoms with Gasteiger partial charge in [0.1, 0.15) is 35.1 Å². The van der Waals surface area contributed by atoms with Crippen LogP contribution in [0, 0.1) is 46.6 Å². The molecule has 2 aromatic rings. The average molecular weight is 1170 g/mol. The number of amides is 2. The molecule has 4 heterocycles. The number of aromatic hydroxyl groups is 1. The van der Waals surface area contributed by atoms with Crippen LogP contribution >= 0.6 is 23.2 Å². The van der Waals surface area contributed by atoms with Gasteiger partial charge in [-0.3, -0.25) is 39.1 Å². The number of piperidine rings is 1. The zero-order valence-electron chi connectivity index (χ0n) is 47.2. The number of esters is 1. The number of ketones is 2. The van der Waals surface area contributed by atoms with E-state index in [1.807, 2.05) is 0 Å². The summed E-state index contributed by atoms with van der Waals surface area (Å²) in [6.07, 6.45) is 3.80. The smallest absolute Gasteiger partial charge is 0.312 e. The number of hydrogen-bond donors (Lipinski definition) is 8. The van der Waals surface area contributed by atoms with Gasteiger partial charge < -0.3 is 65.3 Å². The molecule has 5 bridgehead atoms. The largest absolute Gasteiger partial charge is 0.507 e. The number of hydrogen-bond acceptors (Lipinski definition) is 19. The number of fused-ring (bicyclic) bond motifs is 3. The van der Waals surface area contributed by atoms with E-state index in [1.165, 1.54) is 58.4 Å². The molecular formula is C57H74Cl2N6O16. The van der Waals surface area contributed by atoms with Crippen molar-refractivity contribution in [2.75, 3.05) is 33.4 Å². The van der Waals surface area contributed by atoms with Crippen LogP contribution in [0.4, 0.5) is 5.69 Å². The zero-order valence-corrected chi connectivity index (χ0v) is 48.7. The van der Waals surface area contributed by atoms with Crippen molar-refractivity contribution in [1.29, 1.82) is 0 Å². The number of phenols is 1. The Morgan fingerprint density at radius 1 is 0.975 bits per heavy atom. The number of carbonyl (C=O) groups excluding carboxylic acids is 5. The Balaban J connectivity index is 0.000000446. The van der Waals surface area contributed by atoms with Gasteiger partial charge in [0, 0.05) is 106 Å². The second-order valence-corrected chi connectivity index (χ2v) is 23.0. The zero-order chi connectivity index (χ0) is 60.2. The highest BCUT2D eigenvalue weighted by Crippen LogP contribution is 2.50. The van der Waals surface area contributed by atoms with Gasteiger partial charge in [0.2, 0.25) is 5.78 Å². The third-order valence-corrected chi connectivity index (χ3v) is 15.9. The van der Waals surface area contributed by atoms with Crippen LogP contribution in [0.5, 0.6) is 11.5 Å². The molecule has 2 amide bonds. The lowest BCUT2D eigenvalue weighted by Gasteiger charge is -2.38. The van der Waals surface area contributed by atoms with Crippen molar-refractivity contribution in [3.8, 4) is 11.5 Å². The van der Waals surface area contributed by atoms with Crippen LogP contribution in [0.1, 0.15) is 119 Å². The molecule has 0 unspecified atom stereocenters. The SMILES string of the molecule is CO[C@H]1/C=C\O[C@@]2(C)Oc3c(C)c(O)c4c(c3C2=O)C2=NC3(CCN(CC(C)C)CC3)NC2=C(NC(=O)/C(C)=C\C=C/[C@H](C)[C@H](O)[C@@H](C)[C@@H](O)[C@@H](C)[C@H](OC(C)=O)[C@@H]1C)C4=O.O=C(N[C@H](CO)[C@H](O)c1ccc([N+](=O)[O-])cc1)C(Cl)Cl.